The number of aromatic amines is 1. The summed E-state index contributed by atoms with van der Waals surface area (Å²) in [6.45, 7) is 0. The van der Waals surface area contributed by atoms with Gasteiger partial charge in [-0.25, -0.2) is 18.1 Å². The molecule has 2 N–H and O–H groups in total. The second kappa shape index (κ2) is 4.23. The van der Waals surface area contributed by atoms with E-state index < -0.39 is 10.0 Å². The first-order valence-electron chi connectivity index (χ1n) is 4.74. The van der Waals surface area contributed by atoms with Gasteiger partial charge in [-0.3, -0.25) is 0 Å². The van der Waals surface area contributed by atoms with Crippen LogP contribution in [0, 0.1) is 0 Å². The lowest BCUT2D eigenvalue weighted by Gasteiger charge is -2.15. The van der Waals surface area contributed by atoms with Crippen LogP contribution < -0.4 is 4.72 Å². The lowest BCUT2D eigenvalue weighted by atomic mass is 10.3. The third kappa shape index (κ3) is 2.40. The van der Waals surface area contributed by atoms with Gasteiger partial charge in [0.1, 0.15) is 0 Å². The Balaban J connectivity index is 2.11. The summed E-state index contributed by atoms with van der Waals surface area (Å²) in [4.78, 5) is 6.52. The van der Waals surface area contributed by atoms with Crippen LogP contribution in [0.15, 0.2) is 17.6 Å². The van der Waals surface area contributed by atoms with Crippen molar-refractivity contribution in [3.05, 3.63) is 12.5 Å². The standard InChI is InChI=1S/C8H12BrN3O2S/c9-6-2-1-3-7(6)12-15(13,14)8-4-10-5-11-8/h4-7,12H,1-3H2,(H,10,11). The van der Waals surface area contributed by atoms with Crippen LogP contribution in [-0.2, 0) is 10.0 Å². The van der Waals surface area contributed by atoms with E-state index in [1.54, 1.807) is 0 Å². The molecule has 1 heterocycles. The van der Waals surface area contributed by atoms with E-state index in [0.717, 1.165) is 19.3 Å². The molecular weight excluding hydrogens is 282 g/mol. The van der Waals surface area contributed by atoms with Gasteiger partial charge >= 0.3 is 0 Å². The van der Waals surface area contributed by atoms with E-state index in [9.17, 15) is 8.42 Å². The van der Waals surface area contributed by atoms with Crippen molar-refractivity contribution in [2.24, 2.45) is 0 Å². The van der Waals surface area contributed by atoms with Crippen LogP contribution >= 0.6 is 15.9 Å². The van der Waals surface area contributed by atoms with Gasteiger partial charge in [0.05, 0.1) is 12.5 Å². The summed E-state index contributed by atoms with van der Waals surface area (Å²) in [5.41, 5.74) is 0. The fourth-order valence-electron chi connectivity index (χ4n) is 1.70. The number of rotatable bonds is 3. The number of aromatic nitrogens is 2. The van der Waals surface area contributed by atoms with Gasteiger partial charge in [0.2, 0.25) is 0 Å². The molecule has 7 heteroatoms. The lowest BCUT2D eigenvalue weighted by molar-refractivity contribution is 0.553. The highest BCUT2D eigenvalue weighted by molar-refractivity contribution is 9.09. The molecule has 1 saturated carbocycles. The second-order valence-electron chi connectivity index (χ2n) is 3.59. The normalized spacial score (nSPS) is 27.0. The number of sulfonamides is 1. The Labute approximate surface area is 96.9 Å². The summed E-state index contributed by atoms with van der Waals surface area (Å²) in [7, 11) is -3.43. The molecule has 2 unspecified atom stereocenters. The summed E-state index contributed by atoms with van der Waals surface area (Å²) < 4.78 is 26.2. The number of alkyl halides is 1. The topological polar surface area (TPSA) is 74.8 Å². The minimum absolute atomic E-state index is 0.0155. The third-order valence-corrected chi connectivity index (χ3v) is 5.01. The Hall–Kier alpha value is -0.400. The summed E-state index contributed by atoms with van der Waals surface area (Å²) in [5, 5.41) is 0.120. The number of halogens is 1. The molecule has 1 fully saturated rings. The van der Waals surface area contributed by atoms with Gasteiger partial charge in [0, 0.05) is 10.9 Å². The van der Waals surface area contributed by atoms with Gasteiger partial charge in [0.15, 0.2) is 5.03 Å². The van der Waals surface area contributed by atoms with Gasteiger partial charge in [-0.15, -0.1) is 0 Å². The molecule has 2 atom stereocenters. The molecule has 1 aromatic rings. The molecule has 5 nitrogen and oxygen atoms in total. The van der Waals surface area contributed by atoms with Crippen LogP contribution in [0.2, 0.25) is 0 Å². The third-order valence-electron chi connectivity index (χ3n) is 2.50. The van der Waals surface area contributed by atoms with Crippen molar-refractivity contribution >= 4 is 26.0 Å². The minimum atomic E-state index is -3.43. The van der Waals surface area contributed by atoms with E-state index in [4.69, 9.17) is 0 Å². The average molecular weight is 294 g/mol. The molecule has 1 aliphatic rings. The van der Waals surface area contributed by atoms with E-state index in [0.29, 0.717) is 0 Å². The van der Waals surface area contributed by atoms with Crippen molar-refractivity contribution < 1.29 is 8.42 Å². The van der Waals surface area contributed by atoms with Gasteiger partial charge in [-0.2, -0.15) is 0 Å². The Morgan fingerprint density at radius 2 is 2.33 bits per heavy atom. The number of nitrogens with zero attached hydrogens (tertiary/aromatic N) is 1. The monoisotopic (exact) mass is 293 g/mol. The number of hydrogen-bond acceptors (Lipinski definition) is 3. The van der Waals surface area contributed by atoms with Gasteiger partial charge in [-0.1, -0.05) is 22.4 Å². The largest absolute Gasteiger partial charge is 0.335 e. The lowest BCUT2D eigenvalue weighted by Crippen LogP contribution is -2.37. The van der Waals surface area contributed by atoms with E-state index >= 15 is 0 Å². The highest BCUT2D eigenvalue weighted by Crippen LogP contribution is 2.26. The summed E-state index contributed by atoms with van der Waals surface area (Å²) in [6, 6.07) is -0.0155. The Morgan fingerprint density at radius 3 is 2.87 bits per heavy atom. The highest BCUT2D eigenvalue weighted by atomic mass is 79.9. The van der Waals surface area contributed by atoms with E-state index in [1.807, 2.05) is 0 Å². The van der Waals surface area contributed by atoms with Gasteiger partial charge in [0.25, 0.3) is 10.0 Å². The van der Waals surface area contributed by atoms with Crippen molar-refractivity contribution in [3.8, 4) is 0 Å². The van der Waals surface area contributed by atoms with Crippen molar-refractivity contribution in [2.75, 3.05) is 0 Å². The summed E-state index contributed by atoms with van der Waals surface area (Å²) in [6.07, 6.45) is 5.60. The molecule has 0 radical (unpaired) electrons. The predicted molar refractivity (Wildman–Crippen MR) is 59.3 cm³/mol. The fourth-order valence-corrected chi connectivity index (χ4v) is 3.81. The van der Waals surface area contributed by atoms with Gasteiger partial charge in [-0.05, 0) is 12.8 Å². The van der Waals surface area contributed by atoms with E-state index in [2.05, 4.69) is 30.6 Å². The first-order chi connectivity index (χ1) is 7.09. The Bertz CT molecular complexity index is 417. The highest BCUT2D eigenvalue weighted by Gasteiger charge is 2.29. The quantitative estimate of drug-likeness (QED) is 0.817. The molecule has 1 aromatic heterocycles. The van der Waals surface area contributed by atoms with E-state index in [1.165, 1.54) is 12.5 Å². The zero-order chi connectivity index (χ0) is 10.9. The van der Waals surface area contributed by atoms with Crippen LogP contribution in [0.5, 0.6) is 0 Å². The Morgan fingerprint density at radius 1 is 1.53 bits per heavy atom. The first kappa shape index (κ1) is 11.1. The van der Waals surface area contributed by atoms with Gasteiger partial charge < -0.3 is 4.98 Å². The van der Waals surface area contributed by atoms with Crippen LogP contribution in [-0.4, -0.2) is 29.3 Å². The molecule has 0 spiro atoms. The van der Waals surface area contributed by atoms with Crippen LogP contribution in [0.4, 0.5) is 0 Å². The van der Waals surface area contributed by atoms with E-state index in [-0.39, 0.29) is 15.9 Å². The van der Waals surface area contributed by atoms with Crippen LogP contribution in [0.1, 0.15) is 19.3 Å². The molecular formula is C8H12BrN3O2S. The maximum Gasteiger partial charge on any atom is 0.257 e. The maximum absolute atomic E-state index is 11.8. The summed E-state index contributed by atoms with van der Waals surface area (Å²) >= 11 is 3.47. The molecule has 1 aliphatic carbocycles. The number of nitrogens with one attached hydrogen (secondary N) is 2. The van der Waals surface area contributed by atoms with Crippen molar-refractivity contribution in [1.82, 2.24) is 14.7 Å². The minimum Gasteiger partial charge on any atom is -0.335 e. The second-order valence-corrected chi connectivity index (χ2v) is 6.45. The van der Waals surface area contributed by atoms with Crippen LogP contribution in [0.3, 0.4) is 0 Å². The van der Waals surface area contributed by atoms with Crippen molar-refractivity contribution in [1.29, 1.82) is 0 Å². The van der Waals surface area contributed by atoms with Crippen molar-refractivity contribution in [3.63, 3.8) is 0 Å². The first-order valence-corrected chi connectivity index (χ1v) is 7.14. The zero-order valence-corrected chi connectivity index (χ0v) is 10.4. The maximum atomic E-state index is 11.8. The predicted octanol–water partition coefficient (Wildman–Crippen LogP) is 1.00. The fraction of sp³-hybridized carbons (Fsp3) is 0.625. The SMILES string of the molecule is O=S(=O)(NC1CCCC1Br)c1cnc[nH]1. The Kier molecular flexibility index (Phi) is 3.13. The smallest absolute Gasteiger partial charge is 0.257 e. The molecule has 0 bridgehead atoms. The molecule has 84 valence electrons. The number of hydrogen-bond donors (Lipinski definition) is 2. The number of imidazole rings is 1. The number of H-pyrrole nitrogens is 1. The molecule has 2 rings (SSSR count). The zero-order valence-electron chi connectivity index (χ0n) is 7.98. The molecule has 0 saturated heterocycles. The molecule has 15 heavy (non-hydrogen) atoms. The average Bonchev–Trinajstić information content (AvgIpc) is 2.77. The van der Waals surface area contributed by atoms with Crippen molar-refractivity contribution in [2.45, 2.75) is 35.2 Å². The molecule has 0 aromatic carbocycles. The van der Waals surface area contributed by atoms with Crippen LogP contribution in [0.25, 0.3) is 0 Å². The summed E-state index contributed by atoms with van der Waals surface area (Å²) in [5.74, 6) is 0. The molecule has 0 aliphatic heterocycles. The molecule has 0 amide bonds.